The lowest BCUT2D eigenvalue weighted by atomic mass is 10.1. The van der Waals surface area contributed by atoms with Crippen molar-refractivity contribution in [3.63, 3.8) is 0 Å². The van der Waals surface area contributed by atoms with E-state index in [1.807, 2.05) is 62.6 Å². The predicted octanol–water partition coefficient (Wildman–Crippen LogP) is 6.18. The Morgan fingerprint density at radius 3 is 2.30 bits per heavy atom. The standard InChI is InChI=1S/C32H45N7O4S/c1-12-15-22(4)26(14-3)39-29(33-34-30(39)44-32(42)36(9)10)23(5)19-25-16-18-38(31(41)35(7)8)27(25)20-24(6)43-21-28(40)37(11)17-13-2/h12,14-16,18-20H,4,13,17,21H2,1-3,5-11H3/b15-12-,23-19+,24-20+,26-14+. The van der Waals surface area contributed by atoms with Gasteiger partial charge in [-0.2, -0.15) is 0 Å². The SMILES string of the molecule is C=C(/C=C\C)/C(=C\C)n1c(SC(=O)N(C)C)nnc1/C(C)=C/c1ccn(C(=O)N(C)C)c1/C=C(\C)OCC(=O)N(C)CCC. The second-order valence-electron chi connectivity index (χ2n) is 10.5. The van der Waals surface area contributed by atoms with Crippen LogP contribution in [0, 0.1) is 0 Å². The molecule has 2 heterocycles. The van der Waals surface area contributed by atoms with Crippen LogP contribution in [-0.4, -0.2) is 99.6 Å². The van der Waals surface area contributed by atoms with E-state index >= 15 is 0 Å². The van der Waals surface area contributed by atoms with Crippen molar-refractivity contribution in [2.24, 2.45) is 0 Å². The first kappa shape index (κ1) is 35.9. The van der Waals surface area contributed by atoms with Crippen molar-refractivity contribution in [1.29, 1.82) is 0 Å². The Morgan fingerprint density at radius 1 is 1.05 bits per heavy atom. The van der Waals surface area contributed by atoms with Crippen LogP contribution in [0.5, 0.6) is 0 Å². The number of amides is 3. The van der Waals surface area contributed by atoms with E-state index in [1.165, 1.54) is 14.4 Å². The highest BCUT2D eigenvalue weighted by Crippen LogP contribution is 2.31. The highest BCUT2D eigenvalue weighted by atomic mass is 32.2. The van der Waals surface area contributed by atoms with E-state index in [-0.39, 0.29) is 23.8 Å². The molecule has 44 heavy (non-hydrogen) atoms. The van der Waals surface area contributed by atoms with Gasteiger partial charge in [0.25, 0.3) is 11.1 Å². The number of hydrogen-bond donors (Lipinski definition) is 0. The van der Waals surface area contributed by atoms with Gasteiger partial charge in [0.2, 0.25) is 5.16 Å². The van der Waals surface area contributed by atoms with Crippen LogP contribution in [-0.2, 0) is 9.53 Å². The highest BCUT2D eigenvalue weighted by molar-refractivity contribution is 8.13. The Morgan fingerprint density at radius 2 is 1.73 bits per heavy atom. The first-order valence-electron chi connectivity index (χ1n) is 14.3. The van der Waals surface area contributed by atoms with E-state index in [0.717, 1.165) is 40.6 Å². The smallest absolute Gasteiger partial charge is 0.328 e. The van der Waals surface area contributed by atoms with Gasteiger partial charge in [-0.15, -0.1) is 10.2 Å². The second-order valence-corrected chi connectivity index (χ2v) is 11.4. The molecule has 0 spiro atoms. The van der Waals surface area contributed by atoms with Gasteiger partial charge in [-0.05, 0) is 57.4 Å². The van der Waals surface area contributed by atoms with Gasteiger partial charge < -0.3 is 19.4 Å². The monoisotopic (exact) mass is 623 g/mol. The van der Waals surface area contributed by atoms with Crippen LogP contribution in [0.1, 0.15) is 58.1 Å². The molecule has 0 fully saturated rings. The molecule has 2 aromatic heterocycles. The number of carbonyl (C=O) groups excluding carboxylic acids is 3. The Labute approximate surface area is 265 Å². The minimum absolute atomic E-state index is 0.108. The molecule has 0 aromatic carbocycles. The number of aromatic nitrogens is 4. The summed E-state index contributed by atoms with van der Waals surface area (Å²) < 4.78 is 9.11. The number of rotatable bonds is 12. The van der Waals surface area contributed by atoms with Crippen LogP contribution in [0.2, 0.25) is 0 Å². The Kier molecular flexibility index (Phi) is 13.5. The summed E-state index contributed by atoms with van der Waals surface area (Å²) in [6, 6.07) is 1.58. The molecule has 0 radical (unpaired) electrons. The summed E-state index contributed by atoms with van der Waals surface area (Å²) in [6.07, 6.45) is 11.8. The molecule has 3 amide bonds. The van der Waals surface area contributed by atoms with E-state index in [2.05, 4.69) is 16.8 Å². The summed E-state index contributed by atoms with van der Waals surface area (Å²) >= 11 is 0.969. The van der Waals surface area contributed by atoms with Crippen LogP contribution in [0.15, 0.2) is 53.6 Å². The van der Waals surface area contributed by atoms with Gasteiger partial charge in [0.05, 0.1) is 17.2 Å². The molecular formula is C32H45N7O4S. The van der Waals surface area contributed by atoms with E-state index in [1.54, 1.807) is 59.3 Å². The number of ether oxygens (including phenoxy) is 1. The van der Waals surface area contributed by atoms with Gasteiger partial charge in [0.15, 0.2) is 12.4 Å². The Hall–Kier alpha value is -4.32. The summed E-state index contributed by atoms with van der Waals surface area (Å²) in [5.74, 6) is 0.859. The average molecular weight is 624 g/mol. The maximum atomic E-state index is 13.1. The molecule has 0 aliphatic rings. The summed E-state index contributed by atoms with van der Waals surface area (Å²) in [7, 11) is 8.45. The number of likely N-dealkylation sites (N-methyl/N-ethyl adjacent to an activating group) is 1. The van der Waals surface area contributed by atoms with Crippen molar-refractivity contribution in [1.82, 2.24) is 34.0 Å². The largest absolute Gasteiger partial charge is 0.488 e. The van der Waals surface area contributed by atoms with Crippen LogP contribution >= 0.6 is 11.8 Å². The highest BCUT2D eigenvalue weighted by Gasteiger charge is 2.22. The van der Waals surface area contributed by atoms with E-state index in [9.17, 15) is 14.4 Å². The van der Waals surface area contributed by atoms with Gasteiger partial charge in [-0.3, -0.25) is 18.7 Å². The summed E-state index contributed by atoms with van der Waals surface area (Å²) in [4.78, 5) is 42.7. The predicted molar refractivity (Wildman–Crippen MR) is 179 cm³/mol. The third-order valence-corrected chi connectivity index (χ3v) is 7.39. The lowest BCUT2D eigenvalue weighted by Crippen LogP contribution is -2.30. The molecule has 2 aromatic rings. The molecule has 0 saturated carbocycles. The summed E-state index contributed by atoms with van der Waals surface area (Å²) in [5, 5.41) is 9.02. The topological polar surface area (TPSA) is 106 Å². The number of nitrogens with zero attached hydrogens (tertiary/aromatic N) is 7. The first-order valence-corrected chi connectivity index (χ1v) is 15.1. The molecule has 238 valence electrons. The first-order chi connectivity index (χ1) is 20.8. The molecule has 0 atom stereocenters. The Balaban J connectivity index is 2.66. The van der Waals surface area contributed by atoms with Crippen molar-refractivity contribution in [2.75, 3.05) is 48.4 Å². The minimum atomic E-state index is -0.247. The van der Waals surface area contributed by atoms with Crippen molar-refractivity contribution in [2.45, 2.75) is 46.2 Å². The van der Waals surface area contributed by atoms with E-state index in [4.69, 9.17) is 4.74 Å². The molecule has 2 rings (SSSR count). The third kappa shape index (κ3) is 9.09. The number of allylic oxidation sites excluding steroid dienone is 7. The second kappa shape index (κ2) is 16.5. The van der Waals surface area contributed by atoms with Crippen LogP contribution in [0.25, 0.3) is 23.4 Å². The fourth-order valence-electron chi connectivity index (χ4n) is 4.12. The van der Waals surface area contributed by atoms with Gasteiger partial charge in [0, 0.05) is 71.4 Å². The van der Waals surface area contributed by atoms with Gasteiger partial charge >= 0.3 is 6.03 Å². The van der Waals surface area contributed by atoms with Gasteiger partial charge in [0.1, 0.15) is 0 Å². The third-order valence-electron chi connectivity index (χ3n) is 6.41. The van der Waals surface area contributed by atoms with Gasteiger partial charge in [-0.25, -0.2) is 4.79 Å². The van der Waals surface area contributed by atoms with Crippen molar-refractivity contribution < 1.29 is 19.1 Å². The molecule has 0 unspecified atom stereocenters. The molecular weight excluding hydrogens is 578 g/mol. The number of hydrogen-bond acceptors (Lipinski definition) is 7. The molecule has 0 N–H and O–H groups in total. The van der Waals surface area contributed by atoms with Crippen LogP contribution < -0.4 is 0 Å². The lowest BCUT2D eigenvalue weighted by molar-refractivity contribution is -0.133. The van der Waals surface area contributed by atoms with E-state index in [0.29, 0.717) is 29.0 Å². The quantitative estimate of drug-likeness (QED) is 0.158. The zero-order valence-electron chi connectivity index (χ0n) is 27.5. The summed E-state index contributed by atoms with van der Waals surface area (Å²) in [6.45, 7) is 14.2. The van der Waals surface area contributed by atoms with Gasteiger partial charge in [-0.1, -0.05) is 31.7 Å². The van der Waals surface area contributed by atoms with Crippen molar-refractivity contribution in [3.8, 4) is 0 Å². The molecule has 0 aliphatic carbocycles. The maximum absolute atomic E-state index is 13.1. The zero-order valence-corrected chi connectivity index (χ0v) is 28.4. The molecule has 12 heteroatoms. The normalized spacial score (nSPS) is 12.5. The van der Waals surface area contributed by atoms with Crippen LogP contribution in [0.3, 0.4) is 0 Å². The average Bonchev–Trinajstić information content (AvgIpc) is 3.55. The van der Waals surface area contributed by atoms with Crippen molar-refractivity contribution in [3.05, 3.63) is 65.5 Å². The number of thioether (sulfide) groups is 1. The zero-order chi connectivity index (χ0) is 33.1. The molecule has 0 saturated heterocycles. The molecule has 0 aliphatic heterocycles. The maximum Gasteiger partial charge on any atom is 0.328 e. The van der Waals surface area contributed by atoms with E-state index < -0.39 is 0 Å². The fourth-order valence-corrected chi connectivity index (χ4v) is 4.81. The molecule has 0 bridgehead atoms. The van der Waals surface area contributed by atoms with Crippen LogP contribution in [0.4, 0.5) is 9.59 Å². The minimum Gasteiger partial charge on any atom is -0.488 e. The lowest BCUT2D eigenvalue weighted by Gasteiger charge is -2.17. The summed E-state index contributed by atoms with van der Waals surface area (Å²) in [5.41, 5.74) is 3.47. The van der Waals surface area contributed by atoms with Crippen molar-refractivity contribution >= 4 is 52.4 Å². The molecule has 11 nitrogen and oxygen atoms in total. The fraction of sp³-hybridized carbons (Fsp3) is 0.406. The Bertz CT molecular complexity index is 1490. The number of carbonyl (C=O) groups is 3.